The van der Waals surface area contributed by atoms with Gasteiger partial charge in [-0.2, -0.15) is 0 Å². The molecule has 2 heterocycles. The van der Waals surface area contributed by atoms with Gasteiger partial charge in [0.1, 0.15) is 0 Å². The molecule has 0 atom stereocenters. The number of amides is 1. The van der Waals surface area contributed by atoms with E-state index >= 15 is 0 Å². The van der Waals surface area contributed by atoms with Crippen molar-refractivity contribution in [2.24, 2.45) is 0 Å². The number of nitrogens with two attached hydrogens (primary N) is 1. The molecular formula is C15H17N3OS. The largest absolute Gasteiger partial charge is 0.397 e. The molecule has 1 amide bonds. The van der Waals surface area contributed by atoms with Gasteiger partial charge in [-0.15, -0.1) is 11.3 Å². The second-order valence-corrected chi connectivity index (χ2v) is 5.90. The third kappa shape index (κ3) is 2.36. The van der Waals surface area contributed by atoms with E-state index in [4.69, 9.17) is 5.73 Å². The number of anilines is 3. The molecule has 0 saturated heterocycles. The molecule has 0 bridgehead atoms. The quantitative estimate of drug-likeness (QED) is 0.757. The van der Waals surface area contributed by atoms with Crippen LogP contribution in [0, 0.1) is 0 Å². The predicted octanol–water partition coefficient (Wildman–Crippen LogP) is 3.00. The molecule has 1 aliphatic heterocycles. The van der Waals surface area contributed by atoms with Crippen molar-refractivity contribution in [1.29, 1.82) is 0 Å². The molecule has 3 rings (SSSR count). The lowest BCUT2D eigenvalue weighted by molar-refractivity contribution is -0.115. The number of hydrogen-bond acceptors (Lipinski definition) is 4. The lowest BCUT2D eigenvalue weighted by Gasteiger charge is -2.11. The van der Waals surface area contributed by atoms with Crippen molar-refractivity contribution in [3.8, 4) is 0 Å². The number of thiophene rings is 1. The first kappa shape index (κ1) is 13.0. The number of hydrogen-bond donors (Lipinski definition) is 3. The number of aryl methyl sites for hydroxylation is 1. The number of carbonyl (C=O) groups is 1. The Kier molecular flexibility index (Phi) is 3.36. The first-order valence-corrected chi connectivity index (χ1v) is 7.56. The van der Waals surface area contributed by atoms with Crippen molar-refractivity contribution in [2.45, 2.75) is 26.3 Å². The van der Waals surface area contributed by atoms with E-state index in [2.05, 4.69) is 29.0 Å². The highest BCUT2D eigenvalue weighted by atomic mass is 32.1. The van der Waals surface area contributed by atoms with Crippen LogP contribution in [0.25, 0.3) is 0 Å². The van der Waals surface area contributed by atoms with Gasteiger partial charge in [0.2, 0.25) is 5.91 Å². The molecule has 104 valence electrons. The van der Waals surface area contributed by atoms with Gasteiger partial charge in [0.05, 0.1) is 17.8 Å². The Morgan fingerprint density at radius 1 is 1.45 bits per heavy atom. The van der Waals surface area contributed by atoms with Crippen LogP contribution in [0.3, 0.4) is 0 Å². The van der Waals surface area contributed by atoms with Crippen molar-refractivity contribution in [3.63, 3.8) is 0 Å². The minimum absolute atomic E-state index is 0.0306. The topological polar surface area (TPSA) is 67.1 Å². The zero-order chi connectivity index (χ0) is 14.1. The van der Waals surface area contributed by atoms with Crippen LogP contribution in [-0.4, -0.2) is 5.91 Å². The van der Waals surface area contributed by atoms with Gasteiger partial charge in [0, 0.05) is 17.1 Å². The predicted molar refractivity (Wildman–Crippen MR) is 84.2 cm³/mol. The summed E-state index contributed by atoms with van der Waals surface area (Å²) in [4.78, 5) is 12.7. The number of nitrogen functional groups attached to an aromatic ring is 1. The molecule has 0 aliphatic carbocycles. The fraction of sp³-hybridized carbons (Fsp3) is 0.267. The summed E-state index contributed by atoms with van der Waals surface area (Å²) in [6, 6.07) is 5.97. The molecule has 4 N–H and O–H groups in total. The van der Waals surface area contributed by atoms with E-state index in [1.165, 1.54) is 10.4 Å². The highest BCUT2D eigenvalue weighted by Gasteiger charge is 2.19. The fourth-order valence-electron chi connectivity index (χ4n) is 2.46. The van der Waals surface area contributed by atoms with Crippen LogP contribution >= 0.6 is 11.3 Å². The Morgan fingerprint density at radius 3 is 3.10 bits per heavy atom. The van der Waals surface area contributed by atoms with Gasteiger partial charge in [0.25, 0.3) is 0 Å². The van der Waals surface area contributed by atoms with E-state index in [1.54, 1.807) is 11.3 Å². The van der Waals surface area contributed by atoms with Crippen LogP contribution in [0.4, 0.5) is 17.1 Å². The van der Waals surface area contributed by atoms with Crippen LogP contribution in [-0.2, 0) is 24.2 Å². The molecule has 2 aromatic rings. The van der Waals surface area contributed by atoms with E-state index < -0.39 is 0 Å². The van der Waals surface area contributed by atoms with Crippen LogP contribution in [0.1, 0.15) is 22.9 Å². The van der Waals surface area contributed by atoms with Crippen molar-refractivity contribution >= 4 is 34.3 Å². The molecule has 1 aromatic carbocycles. The van der Waals surface area contributed by atoms with Gasteiger partial charge in [-0.3, -0.25) is 4.79 Å². The van der Waals surface area contributed by atoms with Gasteiger partial charge in [-0.25, -0.2) is 0 Å². The van der Waals surface area contributed by atoms with Crippen LogP contribution < -0.4 is 16.4 Å². The molecule has 1 aromatic heterocycles. The summed E-state index contributed by atoms with van der Waals surface area (Å²) in [6.45, 7) is 2.92. The SMILES string of the molecule is CCc1ccsc1CNc1cc2c(cc1N)CC(=O)N2. The molecule has 5 heteroatoms. The second-order valence-electron chi connectivity index (χ2n) is 4.90. The summed E-state index contributed by atoms with van der Waals surface area (Å²) in [7, 11) is 0. The van der Waals surface area contributed by atoms with Crippen molar-refractivity contribution in [3.05, 3.63) is 39.6 Å². The summed E-state index contributed by atoms with van der Waals surface area (Å²) < 4.78 is 0. The van der Waals surface area contributed by atoms with Gasteiger partial charge in [-0.05, 0) is 41.1 Å². The fourth-order valence-corrected chi connectivity index (χ4v) is 3.38. The molecule has 1 aliphatic rings. The zero-order valence-corrected chi connectivity index (χ0v) is 12.1. The summed E-state index contributed by atoms with van der Waals surface area (Å²) in [5, 5.41) is 8.33. The van der Waals surface area contributed by atoms with E-state index in [9.17, 15) is 4.79 Å². The summed E-state index contributed by atoms with van der Waals surface area (Å²) in [5.41, 5.74) is 10.8. The van der Waals surface area contributed by atoms with Crippen molar-refractivity contribution < 1.29 is 4.79 Å². The lowest BCUT2D eigenvalue weighted by Crippen LogP contribution is -2.04. The smallest absolute Gasteiger partial charge is 0.228 e. The van der Waals surface area contributed by atoms with Crippen LogP contribution in [0.15, 0.2) is 23.6 Å². The zero-order valence-electron chi connectivity index (χ0n) is 11.3. The standard InChI is InChI=1S/C15H17N3OS/c1-2-9-3-4-20-14(9)8-17-13-7-12-10(5-11(13)16)6-15(19)18-12/h3-5,7,17H,2,6,8,16H2,1H3,(H,18,19). The first-order valence-electron chi connectivity index (χ1n) is 6.68. The second kappa shape index (κ2) is 5.17. The molecule has 0 radical (unpaired) electrons. The maximum atomic E-state index is 11.4. The number of fused-ring (bicyclic) bond motifs is 1. The summed E-state index contributed by atoms with van der Waals surface area (Å²) in [6.07, 6.45) is 1.46. The molecule has 0 unspecified atom stereocenters. The van der Waals surface area contributed by atoms with Gasteiger partial charge in [-0.1, -0.05) is 6.92 Å². The Labute approximate surface area is 122 Å². The lowest BCUT2D eigenvalue weighted by atomic mass is 10.1. The van der Waals surface area contributed by atoms with Crippen LogP contribution in [0.2, 0.25) is 0 Å². The minimum atomic E-state index is 0.0306. The molecule has 0 fully saturated rings. The average Bonchev–Trinajstić information content (AvgIpc) is 3.00. The average molecular weight is 287 g/mol. The molecule has 20 heavy (non-hydrogen) atoms. The number of carbonyl (C=O) groups excluding carboxylic acids is 1. The number of nitrogens with one attached hydrogen (secondary N) is 2. The summed E-state index contributed by atoms with van der Waals surface area (Å²) in [5.74, 6) is 0.0306. The third-order valence-electron chi connectivity index (χ3n) is 3.56. The Hall–Kier alpha value is -2.01. The van der Waals surface area contributed by atoms with Crippen molar-refractivity contribution in [2.75, 3.05) is 16.4 Å². The Morgan fingerprint density at radius 2 is 2.30 bits per heavy atom. The molecule has 4 nitrogen and oxygen atoms in total. The third-order valence-corrected chi connectivity index (χ3v) is 4.52. The molecule has 0 saturated carbocycles. The monoisotopic (exact) mass is 287 g/mol. The Bertz CT molecular complexity index is 663. The van der Waals surface area contributed by atoms with Gasteiger partial charge >= 0.3 is 0 Å². The maximum absolute atomic E-state index is 11.4. The summed E-state index contributed by atoms with van der Waals surface area (Å²) >= 11 is 1.75. The minimum Gasteiger partial charge on any atom is -0.397 e. The van der Waals surface area contributed by atoms with Crippen LogP contribution in [0.5, 0.6) is 0 Å². The molecular weight excluding hydrogens is 270 g/mol. The highest BCUT2D eigenvalue weighted by molar-refractivity contribution is 7.10. The number of benzene rings is 1. The normalized spacial score (nSPS) is 13.2. The van der Waals surface area contributed by atoms with Gasteiger partial charge in [0.15, 0.2) is 0 Å². The number of rotatable bonds is 4. The molecule has 0 spiro atoms. The van der Waals surface area contributed by atoms with E-state index in [0.29, 0.717) is 12.1 Å². The van der Waals surface area contributed by atoms with Gasteiger partial charge < -0.3 is 16.4 Å². The maximum Gasteiger partial charge on any atom is 0.228 e. The highest BCUT2D eigenvalue weighted by Crippen LogP contribution is 2.32. The van der Waals surface area contributed by atoms with E-state index in [1.807, 2.05) is 12.1 Å². The van der Waals surface area contributed by atoms with Crippen molar-refractivity contribution in [1.82, 2.24) is 0 Å². The van der Waals surface area contributed by atoms with E-state index in [-0.39, 0.29) is 5.91 Å². The first-order chi connectivity index (χ1) is 9.67. The Balaban J connectivity index is 1.78. The van der Waals surface area contributed by atoms with E-state index in [0.717, 1.165) is 29.9 Å².